The Morgan fingerprint density at radius 2 is 2.50 bits per heavy atom. The Morgan fingerprint density at radius 3 is 3.00 bits per heavy atom. The van der Waals surface area contributed by atoms with Crippen LogP contribution < -0.4 is 0 Å². The van der Waals surface area contributed by atoms with Crippen molar-refractivity contribution in [2.45, 2.75) is 13.5 Å². The number of aryl methyl sites for hydroxylation is 1. The zero-order valence-electron chi connectivity index (χ0n) is 8.44. The first kappa shape index (κ1) is 11.4. The number of hydrogen-bond acceptors (Lipinski definition) is 4. The molecule has 1 rings (SSSR count). The van der Waals surface area contributed by atoms with Crippen LogP contribution in [0.2, 0.25) is 0 Å². The molecule has 0 fully saturated rings. The van der Waals surface area contributed by atoms with E-state index < -0.39 is 0 Å². The maximum atomic E-state index is 8.85. The highest BCUT2D eigenvalue weighted by molar-refractivity contribution is 7.09. The lowest BCUT2D eigenvalue weighted by Gasteiger charge is -2.17. The van der Waals surface area contributed by atoms with Gasteiger partial charge in [-0.3, -0.25) is 4.90 Å². The molecule has 3 nitrogen and oxygen atoms in total. The highest BCUT2D eigenvalue weighted by atomic mass is 32.1. The number of rotatable bonds is 6. The average Bonchev–Trinajstić information content (AvgIpc) is 2.52. The molecule has 0 aliphatic heterocycles. The summed E-state index contributed by atoms with van der Waals surface area (Å²) in [4.78, 5) is 6.49. The van der Waals surface area contributed by atoms with Crippen LogP contribution in [0.25, 0.3) is 0 Å². The quantitative estimate of drug-likeness (QED) is 0.725. The maximum Gasteiger partial charge on any atom is 0.107 e. The SMILES string of the molecule is C=CCN(CCO)Cc1nc(C)cs1. The van der Waals surface area contributed by atoms with E-state index >= 15 is 0 Å². The Balaban J connectivity index is 2.49. The molecule has 0 aromatic carbocycles. The van der Waals surface area contributed by atoms with Crippen molar-refractivity contribution in [2.24, 2.45) is 0 Å². The van der Waals surface area contributed by atoms with Crippen LogP contribution in [0.15, 0.2) is 18.0 Å². The van der Waals surface area contributed by atoms with Crippen LogP contribution in [0.3, 0.4) is 0 Å². The number of aliphatic hydroxyl groups excluding tert-OH is 1. The van der Waals surface area contributed by atoms with Crippen molar-refractivity contribution in [1.29, 1.82) is 0 Å². The predicted octanol–water partition coefficient (Wildman–Crippen LogP) is 1.43. The molecule has 1 heterocycles. The molecular formula is C10H16N2OS. The maximum absolute atomic E-state index is 8.85. The van der Waals surface area contributed by atoms with Gasteiger partial charge in [-0.25, -0.2) is 4.98 Å². The minimum absolute atomic E-state index is 0.179. The lowest BCUT2D eigenvalue weighted by Crippen LogP contribution is -2.26. The number of aromatic nitrogens is 1. The normalized spacial score (nSPS) is 10.8. The minimum atomic E-state index is 0.179. The molecule has 0 unspecified atom stereocenters. The highest BCUT2D eigenvalue weighted by Crippen LogP contribution is 2.11. The second-order valence-corrected chi connectivity index (χ2v) is 4.07. The van der Waals surface area contributed by atoms with Crippen LogP contribution in [-0.4, -0.2) is 34.7 Å². The smallest absolute Gasteiger partial charge is 0.107 e. The van der Waals surface area contributed by atoms with Gasteiger partial charge in [0.2, 0.25) is 0 Å². The molecule has 4 heteroatoms. The Labute approximate surface area is 88.7 Å². The van der Waals surface area contributed by atoms with Gasteiger partial charge in [0.05, 0.1) is 13.2 Å². The van der Waals surface area contributed by atoms with Gasteiger partial charge in [-0.2, -0.15) is 0 Å². The summed E-state index contributed by atoms with van der Waals surface area (Å²) in [6.07, 6.45) is 1.84. The van der Waals surface area contributed by atoms with Gasteiger partial charge in [0.15, 0.2) is 0 Å². The van der Waals surface area contributed by atoms with E-state index in [2.05, 4.69) is 16.5 Å². The highest BCUT2D eigenvalue weighted by Gasteiger charge is 2.05. The van der Waals surface area contributed by atoms with Gasteiger partial charge in [0, 0.05) is 24.2 Å². The van der Waals surface area contributed by atoms with Crippen molar-refractivity contribution in [1.82, 2.24) is 9.88 Å². The van der Waals surface area contributed by atoms with Crippen molar-refractivity contribution in [3.63, 3.8) is 0 Å². The monoisotopic (exact) mass is 212 g/mol. The molecule has 1 aromatic heterocycles. The fraction of sp³-hybridized carbons (Fsp3) is 0.500. The number of hydrogen-bond donors (Lipinski definition) is 1. The summed E-state index contributed by atoms with van der Waals surface area (Å²) in [5.41, 5.74) is 1.06. The second-order valence-electron chi connectivity index (χ2n) is 3.13. The first-order valence-electron chi connectivity index (χ1n) is 4.61. The molecule has 0 spiro atoms. The first-order chi connectivity index (χ1) is 6.76. The third kappa shape index (κ3) is 3.57. The van der Waals surface area contributed by atoms with Crippen LogP contribution in [0.4, 0.5) is 0 Å². The molecule has 1 aromatic rings. The Kier molecular flexibility index (Phi) is 4.79. The summed E-state index contributed by atoms with van der Waals surface area (Å²) >= 11 is 1.66. The summed E-state index contributed by atoms with van der Waals surface area (Å²) in [5, 5.41) is 12.0. The summed E-state index contributed by atoms with van der Waals surface area (Å²) in [7, 11) is 0. The topological polar surface area (TPSA) is 36.4 Å². The van der Waals surface area contributed by atoms with E-state index in [1.807, 2.05) is 18.4 Å². The summed E-state index contributed by atoms with van der Waals surface area (Å²) < 4.78 is 0. The van der Waals surface area contributed by atoms with Crippen LogP contribution in [0.5, 0.6) is 0 Å². The molecule has 0 saturated heterocycles. The van der Waals surface area contributed by atoms with E-state index in [-0.39, 0.29) is 6.61 Å². The van der Waals surface area contributed by atoms with Crippen molar-refractivity contribution >= 4 is 11.3 Å². The van der Waals surface area contributed by atoms with E-state index in [4.69, 9.17) is 5.11 Å². The average molecular weight is 212 g/mol. The molecule has 0 bridgehead atoms. The van der Waals surface area contributed by atoms with Crippen LogP contribution in [0, 0.1) is 6.92 Å². The molecule has 1 N–H and O–H groups in total. The molecule has 0 saturated carbocycles. The van der Waals surface area contributed by atoms with E-state index in [1.165, 1.54) is 0 Å². The van der Waals surface area contributed by atoms with Gasteiger partial charge in [0.25, 0.3) is 0 Å². The summed E-state index contributed by atoms with van der Waals surface area (Å²) in [6.45, 7) is 8.12. The van der Waals surface area contributed by atoms with Gasteiger partial charge in [0.1, 0.15) is 5.01 Å². The fourth-order valence-corrected chi connectivity index (χ4v) is 2.04. The van der Waals surface area contributed by atoms with E-state index in [0.29, 0.717) is 6.54 Å². The fourth-order valence-electron chi connectivity index (χ4n) is 1.23. The van der Waals surface area contributed by atoms with Crippen LogP contribution >= 0.6 is 11.3 Å². The van der Waals surface area contributed by atoms with E-state index in [0.717, 1.165) is 23.8 Å². The molecule has 78 valence electrons. The van der Waals surface area contributed by atoms with Crippen LogP contribution in [-0.2, 0) is 6.54 Å². The van der Waals surface area contributed by atoms with Crippen molar-refractivity contribution in [3.05, 3.63) is 28.7 Å². The lowest BCUT2D eigenvalue weighted by molar-refractivity contribution is 0.203. The van der Waals surface area contributed by atoms with Gasteiger partial charge < -0.3 is 5.11 Å². The van der Waals surface area contributed by atoms with Crippen LogP contribution in [0.1, 0.15) is 10.7 Å². The molecule has 0 aliphatic rings. The minimum Gasteiger partial charge on any atom is -0.395 e. The van der Waals surface area contributed by atoms with Gasteiger partial charge in [-0.15, -0.1) is 17.9 Å². The zero-order valence-corrected chi connectivity index (χ0v) is 9.26. The number of thiazole rings is 1. The molecule has 0 aliphatic carbocycles. The van der Waals surface area contributed by atoms with Gasteiger partial charge in [-0.05, 0) is 6.92 Å². The van der Waals surface area contributed by atoms with Gasteiger partial charge in [-0.1, -0.05) is 6.08 Å². The molecule has 0 amide bonds. The third-order valence-electron chi connectivity index (χ3n) is 1.83. The molecule has 0 radical (unpaired) electrons. The molecular weight excluding hydrogens is 196 g/mol. The number of nitrogens with zero attached hydrogens (tertiary/aromatic N) is 2. The van der Waals surface area contributed by atoms with E-state index in [9.17, 15) is 0 Å². The van der Waals surface area contributed by atoms with Crippen molar-refractivity contribution < 1.29 is 5.11 Å². The van der Waals surface area contributed by atoms with Crippen molar-refractivity contribution in [2.75, 3.05) is 19.7 Å². The molecule has 0 atom stereocenters. The standard InChI is InChI=1S/C10H16N2OS/c1-3-4-12(5-6-13)7-10-11-9(2)8-14-10/h3,8,13H,1,4-7H2,2H3. The Hall–Kier alpha value is -0.710. The second kappa shape index (κ2) is 5.90. The number of aliphatic hydroxyl groups is 1. The van der Waals surface area contributed by atoms with Crippen molar-refractivity contribution in [3.8, 4) is 0 Å². The summed E-state index contributed by atoms with van der Waals surface area (Å²) in [6, 6.07) is 0. The van der Waals surface area contributed by atoms with Gasteiger partial charge >= 0.3 is 0 Å². The largest absolute Gasteiger partial charge is 0.395 e. The lowest BCUT2D eigenvalue weighted by atomic mass is 10.4. The molecule has 14 heavy (non-hydrogen) atoms. The Morgan fingerprint density at radius 1 is 1.71 bits per heavy atom. The van der Waals surface area contributed by atoms with E-state index in [1.54, 1.807) is 11.3 Å². The third-order valence-corrected chi connectivity index (χ3v) is 2.78. The predicted molar refractivity (Wildman–Crippen MR) is 59.4 cm³/mol. The summed E-state index contributed by atoms with van der Waals surface area (Å²) in [5.74, 6) is 0. The first-order valence-corrected chi connectivity index (χ1v) is 5.49. The zero-order chi connectivity index (χ0) is 10.4. The Bertz CT molecular complexity index is 285.